The number of hydrogen-bond acceptors (Lipinski definition) is 7. The Bertz CT molecular complexity index is 1410. The first-order valence-corrected chi connectivity index (χ1v) is 16.1. The van der Waals surface area contributed by atoms with Gasteiger partial charge in [-0.3, -0.25) is 0 Å². The molecule has 0 spiro atoms. The van der Waals surface area contributed by atoms with Crippen LogP contribution in [-0.2, 0) is 38.6 Å². The summed E-state index contributed by atoms with van der Waals surface area (Å²) in [6, 6.07) is 26.1. The Morgan fingerprint density at radius 2 is 1.44 bits per heavy atom. The van der Waals surface area contributed by atoms with Gasteiger partial charge in [-0.2, -0.15) is 0 Å². The van der Waals surface area contributed by atoms with E-state index in [0.717, 1.165) is 43.2 Å². The number of unbranched alkanes of at least 4 members (excludes halogenated alkanes) is 2. The number of anilines is 1. The predicted octanol–water partition coefficient (Wildman–Crippen LogP) is 8.39. The van der Waals surface area contributed by atoms with E-state index in [1.54, 1.807) is 13.8 Å². The average molecular weight is 613 g/mol. The molecule has 1 aliphatic heterocycles. The molecule has 0 radical (unpaired) electrons. The molecular formula is C38H48N2O5. The van der Waals surface area contributed by atoms with E-state index >= 15 is 0 Å². The Balaban J connectivity index is 1.68. The Morgan fingerprint density at radius 3 is 2.04 bits per heavy atom. The molecule has 4 rings (SSSR count). The molecule has 1 atom stereocenters. The summed E-state index contributed by atoms with van der Waals surface area (Å²) in [4.78, 5) is 29.0. The van der Waals surface area contributed by atoms with E-state index in [9.17, 15) is 9.59 Å². The monoisotopic (exact) mass is 612 g/mol. The Labute approximate surface area is 268 Å². The van der Waals surface area contributed by atoms with E-state index in [2.05, 4.69) is 62.2 Å². The molecule has 1 N–H and O–H groups in total. The van der Waals surface area contributed by atoms with Crippen LogP contribution in [0.3, 0.4) is 0 Å². The molecule has 1 heterocycles. The summed E-state index contributed by atoms with van der Waals surface area (Å²) in [6.45, 7) is 12.8. The molecule has 45 heavy (non-hydrogen) atoms. The smallest absolute Gasteiger partial charge is 0.352 e. The molecular weight excluding hydrogens is 564 g/mol. The van der Waals surface area contributed by atoms with E-state index in [1.165, 1.54) is 5.56 Å². The summed E-state index contributed by atoms with van der Waals surface area (Å²) in [5, 5.41) is 3.42. The molecule has 3 aromatic carbocycles. The lowest BCUT2D eigenvalue weighted by Gasteiger charge is -2.37. The summed E-state index contributed by atoms with van der Waals surface area (Å²) in [7, 11) is 0. The van der Waals surface area contributed by atoms with Crippen LogP contribution in [0.2, 0.25) is 0 Å². The van der Waals surface area contributed by atoms with Crippen LogP contribution < -0.4 is 10.1 Å². The number of ether oxygens (including phenoxy) is 3. The van der Waals surface area contributed by atoms with Crippen molar-refractivity contribution in [1.82, 2.24) is 4.90 Å². The van der Waals surface area contributed by atoms with E-state index in [0.29, 0.717) is 36.3 Å². The second kappa shape index (κ2) is 15.6. The number of carbonyl (C=O) groups is 2. The second-order valence-corrected chi connectivity index (χ2v) is 12.7. The van der Waals surface area contributed by atoms with Crippen molar-refractivity contribution in [3.8, 4) is 5.75 Å². The summed E-state index contributed by atoms with van der Waals surface area (Å²) < 4.78 is 17.1. The van der Waals surface area contributed by atoms with E-state index < -0.39 is 17.7 Å². The maximum Gasteiger partial charge on any atom is 0.352 e. The number of benzene rings is 3. The lowest BCUT2D eigenvalue weighted by atomic mass is 10.0. The minimum atomic E-state index is -1.34. The quantitative estimate of drug-likeness (QED) is 0.0799. The van der Waals surface area contributed by atoms with Crippen LogP contribution in [0.5, 0.6) is 5.75 Å². The number of hydrogen-bond donors (Lipinski definition) is 1. The largest absolute Gasteiger partial charge is 0.489 e. The number of nitrogens with zero attached hydrogens (tertiary/aromatic N) is 1. The van der Waals surface area contributed by atoms with Crippen molar-refractivity contribution >= 4 is 17.6 Å². The number of carbonyl (C=O) groups excluding carboxylic acids is 2. The van der Waals surface area contributed by atoms with Gasteiger partial charge < -0.3 is 24.4 Å². The van der Waals surface area contributed by atoms with Gasteiger partial charge in [0, 0.05) is 32.1 Å². The van der Waals surface area contributed by atoms with Crippen LogP contribution in [0, 0.1) is 5.92 Å². The Morgan fingerprint density at radius 1 is 0.822 bits per heavy atom. The SMILES string of the molecule is CCCCCC(C)N(Cc1ccc(CC(C)C)cc1)C(Nc1ccc(OCc2ccccc2)cc1)=C1C(=O)OC(C)(C)OC1=O. The lowest BCUT2D eigenvalue weighted by molar-refractivity contribution is -0.222. The third-order valence-corrected chi connectivity index (χ3v) is 7.75. The molecule has 1 saturated heterocycles. The van der Waals surface area contributed by atoms with Gasteiger partial charge in [-0.25, -0.2) is 9.59 Å². The van der Waals surface area contributed by atoms with Crippen LogP contribution in [0.1, 0.15) is 83.9 Å². The van der Waals surface area contributed by atoms with Crippen LogP contribution in [0.4, 0.5) is 5.69 Å². The average Bonchev–Trinajstić information content (AvgIpc) is 2.99. The van der Waals surface area contributed by atoms with Gasteiger partial charge >= 0.3 is 11.9 Å². The van der Waals surface area contributed by atoms with Gasteiger partial charge in [0.25, 0.3) is 5.79 Å². The molecule has 1 aliphatic rings. The fourth-order valence-corrected chi connectivity index (χ4v) is 5.39. The lowest BCUT2D eigenvalue weighted by Crippen LogP contribution is -2.45. The minimum absolute atomic E-state index is 0.00547. The third-order valence-electron chi connectivity index (χ3n) is 7.75. The van der Waals surface area contributed by atoms with Crippen molar-refractivity contribution in [1.29, 1.82) is 0 Å². The Kier molecular flexibility index (Phi) is 11.7. The Hall–Kier alpha value is -4.26. The molecule has 1 unspecified atom stereocenters. The highest BCUT2D eigenvalue weighted by Crippen LogP contribution is 2.30. The zero-order chi connectivity index (χ0) is 32.4. The fraction of sp³-hybridized carbons (Fsp3) is 0.421. The topological polar surface area (TPSA) is 77.1 Å². The summed E-state index contributed by atoms with van der Waals surface area (Å²) in [6.07, 6.45) is 5.12. The molecule has 0 saturated carbocycles. The van der Waals surface area contributed by atoms with Gasteiger partial charge in [-0.15, -0.1) is 0 Å². The van der Waals surface area contributed by atoms with Crippen molar-refractivity contribution in [3.05, 3.63) is 107 Å². The summed E-state index contributed by atoms with van der Waals surface area (Å²) >= 11 is 0. The highest BCUT2D eigenvalue weighted by Gasteiger charge is 2.42. The first kappa shape index (κ1) is 33.6. The predicted molar refractivity (Wildman–Crippen MR) is 178 cm³/mol. The van der Waals surface area contributed by atoms with Crippen LogP contribution in [0.25, 0.3) is 0 Å². The first-order valence-electron chi connectivity index (χ1n) is 16.1. The molecule has 0 bridgehead atoms. The first-order chi connectivity index (χ1) is 21.5. The van der Waals surface area contributed by atoms with E-state index in [-0.39, 0.29) is 11.6 Å². The third kappa shape index (κ3) is 9.87. The van der Waals surface area contributed by atoms with Gasteiger partial charge in [-0.1, -0.05) is 94.6 Å². The normalized spacial score (nSPS) is 14.9. The molecule has 1 fully saturated rings. The molecule has 0 amide bonds. The molecule has 7 heteroatoms. The zero-order valence-corrected chi connectivity index (χ0v) is 27.6. The van der Waals surface area contributed by atoms with Gasteiger partial charge in [0.1, 0.15) is 18.2 Å². The van der Waals surface area contributed by atoms with Gasteiger partial charge in [-0.05, 0) is 66.6 Å². The molecule has 0 aromatic heterocycles. The second-order valence-electron chi connectivity index (χ2n) is 12.7. The standard InChI is InChI=1S/C38H48N2O5/c1-7-8-10-13-28(4)40(25-30-18-16-29(17-19-30)24-27(2)3)35(34-36(41)44-38(5,6)45-37(34)42)39-32-20-22-33(23-21-32)43-26-31-14-11-9-12-15-31/h9,11-12,14-23,27-28,39H,7-8,10,13,24-26H2,1-6H3. The number of rotatable bonds is 15. The maximum atomic E-state index is 13.4. The van der Waals surface area contributed by atoms with Crippen LogP contribution in [-0.4, -0.2) is 28.7 Å². The van der Waals surface area contributed by atoms with Crippen molar-refractivity contribution in [2.45, 2.75) is 98.6 Å². The van der Waals surface area contributed by atoms with Crippen molar-refractivity contribution in [2.24, 2.45) is 5.92 Å². The van der Waals surface area contributed by atoms with Gasteiger partial charge in [0.2, 0.25) is 0 Å². The van der Waals surface area contributed by atoms with Crippen molar-refractivity contribution in [2.75, 3.05) is 5.32 Å². The molecule has 240 valence electrons. The van der Waals surface area contributed by atoms with Crippen molar-refractivity contribution in [3.63, 3.8) is 0 Å². The van der Waals surface area contributed by atoms with Crippen LogP contribution >= 0.6 is 0 Å². The number of nitrogens with one attached hydrogen (secondary N) is 1. The van der Waals surface area contributed by atoms with Crippen LogP contribution in [0.15, 0.2) is 90.3 Å². The highest BCUT2D eigenvalue weighted by molar-refractivity contribution is 6.16. The maximum absolute atomic E-state index is 13.4. The van der Waals surface area contributed by atoms with Gasteiger partial charge in [0.15, 0.2) is 5.57 Å². The molecule has 0 aliphatic carbocycles. The minimum Gasteiger partial charge on any atom is -0.489 e. The number of cyclic esters (lactones) is 2. The molecule has 3 aromatic rings. The summed E-state index contributed by atoms with van der Waals surface area (Å²) in [5.74, 6) is -1.12. The molecule has 7 nitrogen and oxygen atoms in total. The highest BCUT2D eigenvalue weighted by atomic mass is 16.7. The number of esters is 2. The zero-order valence-electron chi connectivity index (χ0n) is 27.6. The van der Waals surface area contributed by atoms with Crippen molar-refractivity contribution < 1.29 is 23.8 Å². The van der Waals surface area contributed by atoms with E-state index in [1.807, 2.05) is 54.6 Å². The van der Waals surface area contributed by atoms with Gasteiger partial charge in [0.05, 0.1) is 0 Å². The fourth-order valence-electron chi connectivity index (χ4n) is 5.39. The summed E-state index contributed by atoms with van der Waals surface area (Å²) in [5.41, 5.74) is 4.00. The van der Waals surface area contributed by atoms with E-state index in [4.69, 9.17) is 14.2 Å².